The maximum atomic E-state index is 12.4. The van der Waals surface area contributed by atoms with Gasteiger partial charge in [-0.3, -0.25) is 4.79 Å². The number of nitrogens with zero attached hydrogens (tertiary/aromatic N) is 2. The topological polar surface area (TPSA) is 87.4 Å². The molecule has 0 unspecified atom stereocenters. The van der Waals surface area contributed by atoms with Crippen molar-refractivity contribution in [3.8, 4) is 6.07 Å². The number of pyridine rings is 1. The number of carbonyl (C=O) groups excluding carboxylic acids is 2. The van der Waals surface area contributed by atoms with Gasteiger partial charge in [-0.15, -0.1) is 0 Å². The van der Waals surface area contributed by atoms with Crippen LogP contribution < -0.4 is 0 Å². The van der Waals surface area contributed by atoms with Crippen LogP contribution in [0.5, 0.6) is 0 Å². The van der Waals surface area contributed by atoms with Crippen LogP contribution in [0.15, 0.2) is 30.6 Å². The van der Waals surface area contributed by atoms with Gasteiger partial charge in [-0.2, -0.15) is 5.26 Å². The van der Waals surface area contributed by atoms with Gasteiger partial charge in [0.2, 0.25) is 0 Å². The minimum Gasteiger partial charge on any atom is -0.456 e. The number of rotatable bonds is 4. The summed E-state index contributed by atoms with van der Waals surface area (Å²) in [6, 6.07) is 7.70. The van der Waals surface area contributed by atoms with Crippen LogP contribution in [0.4, 0.5) is 0 Å². The summed E-state index contributed by atoms with van der Waals surface area (Å²) in [5.41, 5.74) is 3.89. The van der Waals surface area contributed by atoms with E-state index in [2.05, 4.69) is 11.1 Å². The first-order chi connectivity index (χ1) is 11.9. The zero-order valence-corrected chi connectivity index (χ0v) is 14.2. The zero-order chi connectivity index (χ0) is 18.1. The van der Waals surface area contributed by atoms with Crippen molar-refractivity contribution in [1.82, 2.24) is 9.38 Å². The molecule has 0 amide bonds. The molecule has 6 nitrogen and oxygen atoms in total. The molecular weight excluding hydrogens is 318 g/mol. The van der Waals surface area contributed by atoms with Gasteiger partial charge < -0.3 is 14.1 Å². The molecule has 0 fully saturated rings. The molecule has 0 radical (unpaired) electrons. The Morgan fingerprint density at radius 2 is 2.08 bits per heavy atom. The van der Waals surface area contributed by atoms with Gasteiger partial charge >= 0.3 is 5.97 Å². The zero-order valence-electron chi connectivity index (χ0n) is 14.2. The van der Waals surface area contributed by atoms with Crippen molar-refractivity contribution in [2.75, 3.05) is 0 Å². The van der Waals surface area contributed by atoms with E-state index in [0.717, 1.165) is 5.52 Å². The lowest BCUT2D eigenvalue weighted by Crippen LogP contribution is -2.08. The van der Waals surface area contributed by atoms with Crippen molar-refractivity contribution in [2.24, 2.45) is 0 Å². The van der Waals surface area contributed by atoms with Crippen molar-refractivity contribution in [2.45, 2.75) is 27.4 Å². The van der Waals surface area contributed by atoms with Gasteiger partial charge in [0.25, 0.3) is 0 Å². The molecule has 0 saturated carbocycles. The molecule has 1 N–H and O–H groups in total. The summed E-state index contributed by atoms with van der Waals surface area (Å²) >= 11 is 0. The quantitative estimate of drug-likeness (QED) is 0.585. The number of fused-ring (bicyclic) bond motifs is 1. The summed E-state index contributed by atoms with van der Waals surface area (Å²) in [4.78, 5) is 27.0. The Balaban J connectivity index is 1.85. The molecule has 3 aromatic heterocycles. The number of aryl methyl sites for hydroxylation is 1. The Kier molecular flexibility index (Phi) is 4.15. The molecule has 25 heavy (non-hydrogen) atoms. The highest BCUT2D eigenvalue weighted by Crippen LogP contribution is 2.22. The van der Waals surface area contributed by atoms with Crippen molar-refractivity contribution in [3.05, 3.63) is 64.2 Å². The molecule has 0 spiro atoms. The Hall–Kier alpha value is -3.33. The number of ketones is 1. The van der Waals surface area contributed by atoms with Crippen LogP contribution in [-0.4, -0.2) is 21.1 Å². The molecule has 0 aromatic carbocycles. The molecule has 6 heteroatoms. The molecule has 126 valence electrons. The third-order valence-corrected chi connectivity index (χ3v) is 4.23. The van der Waals surface area contributed by atoms with Crippen molar-refractivity contribution in [1.29, 1.82) is 5.26 Å². The number of nitrogens with one attached hydrogen (secondary N) is 1. The second-order valence-electron chi connectivity index (χ2n) is 5.89. The monoisotopic (exact) mass is 335 g/mol. The van der Waals surface area contributed by atoms with E-state index in [1.54, 1.807) is 20.0 Å². The third kappa shape index (κ3) is 2.81. The van der Waals surface area contributed by atoms with E-state index < -0.39 is 5.97 Å². The first-order valence-electron chi connectivity index (χ1n) is 7.80. The van der Waals surface area contributed by atoms with Crippen LogP contribution in [0.3, 0.4) is 0 Å². The van der Waals surface area contributed by atoms with Gasteiger partial charge in [-0.25, -0.2) is 4.79 Å². The molecule has 3 heterocycles. The molecule has 0 aliphatic rings. The Morgan fingerprint density at radius 1 is 1.32 bits per heavy atom. The summed E-state index contributed by atoms with van der Waals surface area (Å²) < 4.78 is 7.19. The van der Waals surface area contributed by atoms with E-state index in [1.807, 2.05) is 28.8 Å². The highest BCUT2D eigenvalue weighted by Gasteiger charge is 2.21. The highest BCUT2D eigenvalue weighted by molar-refractivity contribution is 6.01. The molecule has 3 rings (SSSR count). The Labute approximate surface area is 144 Å². The summed E-state index contributed by atoms with van der Waals surface area (Å²) in [7, 11) is 0. The maximum absolute atomic E-state index is 12.4. The SMILES string of the molecule is CC(=O)c1c(C)[nH]c(C(=O)OCc2cn3ccccc3c2C#N)c1C. The molecular formula is C19H17N3O3. The molecule has 0 bridgehead atoms. The second-order valence-corrected chi connectivity index (χ2v) is 5.89. The summed E-state index contributed by atoms with van der Waals surface area (Å²) in [6.45, 7) is 4.90. The first-order valence-corrected chi connectivity index (χ1v) is 7.80. The van der Waals surface area contributed by atoms with Crippen molar-refractivity contribution < 1.29 is 14.3 Å². The number of aromatic amines is 1. The number of hydrogen-bond donors (Lipinski definition) is 1. The lowest BCUT2D eigenvalue weighted by Gasteiger charge is -2.03. The number of H-pyrrole nitrogens is 1. The Bertz CT molecular complexity index is 1030. The van der Waals surface area contributed by atoms with Crippen LogP contribution in [0.1, 0.15) is 50.2 Å². The van der Waals surface area contributed by atoms with E-state index >= 15 is 0 Å². The number of aromatic nitrogens is 2. The van der Waals surface area contributed by atoms with Crippen LogP contribution in [0.25, 0.3) is 5.52 Å². The van der Waals surface area contributed by atoms with Crippen molar-refractivity contribution in [3.63, 3.8) is 0 Å². The van der Waals surface area contributed by atoms with Gasteiger partial charge in [-0.05, 0) is 38.5 Å². The van der Waals surface area contributed by atoms with E-state index in [0.29, 0.717) is 27.9 Å². The number of esters is 1. The second kappa shape index (κ2) is 6.29. The maximum Gasteiger partial charge on any atom is 0.355 e. The van der Waals surface area contributed by atoms with E-state index in [4.69, 9.17) is 4.74 Å². The van der Waals surface area contributed by atoms with E-state index in [1.165, 1.54) is 6.92 Å². The Morgan fingerprint density at radius 3 is 2.72 bits per heavy atom. The van der Waals surface area contributed by atoms with Gasteiger partial charge in [0.15, 0.2) is 5.78 Å². The molecule has 3 aromatic rings. The fourth-order valence-electron chi connectivity index (χ4n) is 3.11. The average molecular weight is 335 g/mol. The minimum absolute atomic E-state index is 0.0175. The highest BCUT2D eigenvalue weighted by atomic mass is 16.5. The van der Waals surface area contributed by atoms with Gasteiger partial charge in [-0.1, -0.05) is 6.07 Å². The smallest absolute Gasteiger partial charge is 0.355 e. The normalized spacial score (nSPS) is 10.6. The first kappa shape index (κ1) is 16.5. The van der Waals surface area contributed by atoms with Crippen LogP contribution >= 0.6 is 0 Å². The van der Waals surface area contributed by atoms with Gasteiger partial charge in [0.1, 0.15) is 18.4 Å². The fourth-order valence-corrected chi connectivity index (χ4v) is 3.11. The largest absolute Gasteiger partial charge is 0.456 e. The van der Waals surface area contributed by atoms with E-state index in [9.17, 15) is 14.9 Å². The summed E-state index contributed by atoms with van der Waals surface area (Å²) in [6.07, 6.45) is 3.61. The molecule has 0 aliphatic heterocycles. The number of carbonyl (C=O) groups is 2. The van der Waals surface area contributed by atoms with Crippen LogP contribution in [-0.2, 0) is 11.3 Å². The summed E-state index contributed by atoms with van der Waals surface area (Å²) in [5, 5.41) is 9.39. The lowest BCUT2D eigenvalue weighted by atomic mass is 10.1. The molecule has 0 saturated heterocycles. The predicted octanol–water partition coefficient (Wildman–Crippen LogP) is 3.32. The average Bonchev–Trinajstić information content (AvgIpc) is 3.09. The standard InChI is InChI=1S/C19H17N3O3/c1-11-17(13(3)23)12(2)21-18(11)19(24)25-10-14-9-22-7-5-4-6-16(22)15(14)8-20/h4-7,9,21H,10H2,1-3H3. The van der Waals surface area contributed by atoms with Gasteiger partial charge in [0.05, 0.1) is 11.1 Å². The predicted molar refractivity (Wildman–Crippen MR) is 91.5 cm³/mol. The third-order valence-electron chi connectivity index (χ3n) is 4.23. The van der Waals surface area contributed by atoms with Gasteiger partial charge in [0, 0.05) is 29.2 Å². The number of hydrogen-bond acceptors (Lipinski definition) is 4. The van der Waals surface area contributed by atoms with Crippen LogP contribution in [0, 0.1) is 25.2 Å². The summed E-state index contributed by atoms with van der Waals surface area (Å²) in [5.74, 6) is -0.650. The fraction of sp³-hybridized carbons (Fsp3) is 0.211. The minimum atomic E-state index is -0.549. The van der Waals surface area contributed by atoms with Crippen molar-refractivity contribution >= 4 is 17.3 Å². The number of nitriles is 1. The number of ether oxygens (including phenoxy) is 1. The van der Waals surface area contributed by atoms with Crippen LogP contribution in [0.2, 0.25) is 0 Å². The molecule has 0 atom stereocenters. The van der Waals surface area contributed by atoms with E-state index in [-0.39, 0.29) is 18.1 Å². The number of Topliss-reactive ketones (excluding diaryl/α,β-unsaturated/α-hetero) is 1. The molecule has 0 aliphatic carbocycles. The lowest BCUT2D eigenvalue weighted by molar-refractivity contribution is 0.0465.